The van der Waals surface area contributed by atoms with Crippen LogP contribution in [0.1, 0.15) is 24.8 Å². The van der Waals surface area contributed by atoms with Crippen LogP contribution in [-0.4, -0.2) is 18.2 Å². The molecule has 0 radical (unpaired) electrons. The fourth-order valence-electron chi connectivity index (χ4n) is 1.40. The molecule has 0 aliphatic rings. The lowest BCUT2D eigenvalue weighted by Crippen LogP contribution is -1.92. The molecule has 1 aromatic rings. The third kappa shape index (κ3) is 4.61. The first-order chi connectivity index (χ1) is 8.15. The van der Waals surface area contributed by atoms with Gasteiger partial charge in [-0.2, -0.15) is 0 Å². The lowest BCUT2D eigenvalue weighted by Gasteiger charge is -2.05. The second-order valence-corrected chi connectivity index (χ2v) is 4.34. The van der Waals surface area contributed by atoms with Gasteiger partial charge in [0.2, 0.25) is 0 Å². The monoisotopic (exact) mass is 298 g/mol. The van der Waals surface area contributed by atoms with Gasteiger partial charge in [0.25, 0.3) is 0 Å². The fourth-order valence-corrected chi connectivity index (χ4v) is 1.95. The van der Waals surface area contributed by atoms with Gasteiger partial charge in [0, 0.05) is 6.42 Å². The Balaban J connectivity index is 2.56. The Morgan fingerprint density at radius 2 is 2.29 bits per heavy atom. The summed E-state index contributed by atoms with van der Waals surface area (Å²) in [4.78, 5) is 10.3. The Kier molecular flexibility index (Phi) is 5.77. The van der Waals surface area contributed by atoms with Crippen LogP contribution < -0.4 is 4.74 Å². The van der Waals surface area contributed by atoms with Crippen LogP contribution in [0.15, 0.2) is 28.7 Å². The van der Waals surface area contributed by atoms with Gasteiger partial charge in [-0.15, -0.1) is 0 Å². The predicted octanol–water partition coefficient (Wildman–Crippen LogP) is 3.73. The molecular formula is C13H15BrO3. The molecule has 0 amide bonds. The molecule has 4 heteroatoms. The standard InChI is InChI=1S/C13H15BrO3/c1-17-11-8-5-7-10(13(11)14)6-3-2-4-9-12(15)16/h3,5-8H,2,4,9H2,1H3,(H,15,16)/b6-3+. The molecule has 0 heterocycles. The van der Waals surface area contributed by atoms with Gasteiger partial charge < -0.3 is 9.84 Å². The zero-order valence-corrected chi connectivity index (χ0v) is 11.2. The van der Waals surface area contributed by atoms with Crippen LogP contribution in [0.3, 0.4) is 0 Å². The molecule has 92 valence electrons. The molecule has 17 heavy (non-hydrogen) atoms. The van der Waals surface area contributed by atoms with Crippen molar-refractivity contribution in [3.05, 3.63) is 34.3 Å². The first kappa shape index (κ1) is 13.8. The number of aliphatic carboxylic acids is 1. The number of carbonyl (C=O) groups is 1. The van der Waals surface area contributed by atoms with Crippen LogP contribution in [-0.2, 0) is 4.79 Å². The minimum Gasteiger partial charge on any atom is -0.496 e. The van der Waals surface area contributed by atoms with E-state index in [1.165, 1.54) is 0 Å². The molecule has 0 saturated heterocycles. The molecule has 0 aliphatic carbocycles. The van der Waals surface area contributed by atoms with Crippen molar-refractivity contribution in [2.75, 3.05) is 7.11 Å². The van der Waals surface area contributed by atoms with E-state index in [9.17, 15) is 4.79 Å². The van der Waals surface area contributed by atoms with Crippen molar-refractivity contribution in [3.8, 4) is 5.75 Å². The van der Waals surface area contributed by atoms with Crippen molar-refractivity contribution in [1.29, 1.82) is 0 Å². The van der Waals surface area contributed by atoms with E-state index in [-0.39, 0.29) is 6.42 Å². The molecule has 3 nitrogen and oxygen atoms in total. The van der Waals surface area contributed by atoms with Crippen LogP contribution in [0.25, 0.3) is 6.08 Å². The van der Waals surface area contributed by atoms with Gasteiger partial charge in [0.15, 0.2) is 0 Å². The minimum atomic E-state index is -0.749. The number of rotatable bonds is 6. The van der Waals surface area contributed by atoms with Gasteiger partial charge in [-0.3, -0.25) is 4.79 Å². The molecule has 0 saturated carbocycles. The van der Waals surface area contributed by atoms with E-state index in [4.69, 9.17) is 9.84 Å². The zero-order valence-electron chi connectivity index (χ0n) is 9.65. The van der Waals surface area contributed by atoms with Crippen molar-refractivity contribution in [2.24, 2.45) is 0 Å². The van der Waals surface area contributed by atoms with Gasteiger partial charge in [0.1, 0.15) is 5.75 Å². The number of hydrogen-bond donors (Lipinski definition) is 1. The van der Waals surface area contributed by atoms with E-state index < -0.39 is 5.97 Å². The van der Waals surface area contributed by atoms with Gasteiger partial charge >= 0.3 is 5.97 Å². The van der Waals surface area contributed by atoms with Crippen molar-refractivity contribution in [3.63, 3.8) is 0 Å². The maximum Gasteiger partial charge on any atom is 0.303 e. The van der Waals surface area contributed by atoms with Gasteiger partial charge in [-0.25, -0.2) is 0 Å². The number of unbranched alkanes of at least 4 members (excludes halogenated alkanes) is 1. The Bertz CT molecular complexity index is 413. The highest BCUT2D eigenvalue weighted by Crippen LogP contribution is 2.29. The molecule has 0 atom stereocenters. The number of ether oxygens (including phenoxy) is 1. The molecule has 0 aromatic heterocycles. The predicted molar refractivity (Wildman–Crippen MR) is 71.2 cm³/mol. The van der Waals surface area contributed by atoms with Crippen molar-refractivity contribution in [2.45, 2.75) is 19.3 Å². The highest BCUT2D eigenvalue weighted by atomic mass is 79.9. The Morgan fingerprint density at radius 3 is 2.94 bits per heavy atom. The molecular weight excluding hydrogens is 284 g/mol. The molecule has 1 N–H and O–H groups in total. The number of benzene rings is 1. The molecule has 0 bridgehead atoms. The number of hydrogen-bond acceptors (Lipinski definition) is 2. The smallest absolute Gasteiger partial charge is 0.303 e. The largest absolute Gasteiger partial charge is 0.496 e. The van der Waals surface area contributed by atoms with Crippen LogP contribution in [0.5, 0.6) is 5.75 Å². The average molecular weight is 299 g/mol. The quantitative estimate of drug-likeness (QED) is 0.814. The normalized spacial score (nSPS) is 10.7. The third-order valence-electron chi connectivity index (χ3n) is 2.27. The van der Waals surface area contributed by atoms with Crippen LogP contribution >= 0.6 is 15.9 Å². The lowest BCUT2D eigenvalue weighted by atomic mass is 10.1. The van der Waals surface area contributed by atoms with E-state index in [1.807, 2.05) is 30.4 Å². The summed E-state index contributed by atoms with van der Waals surface area (Å²) in [7, 11) is 1.63. The lowest BCUT2D eigenvalue weighted by molar-refractivity contribution is -0.137. The Morgan fingerprint density at radius 1 is 1.53 bits per heavy atom. The second kappa shape index (κ2) is 7.12. The number of allylic oxidation sites excluding steroid dienone is 1. The summed E-state index contributed by atoms with van der Waals surface area (Å²) in [5.41, 5.74) is 1.03. The Labute approximate surface area is 109 Å². The maximum atomic E-state index is 10.3. The molecule has 0 spiro atoms. The first-order valence-corrected chi connectivity index (χ1v) is 6.15. The molecule has 0 fully saturated rings. The van der Waals surface area contributed by atoms with E-state index in [1.54, 1.807) is 7.11 Å². The Hall–Kier alpha value is -1.29. The van der Waals surface area contributed by atoms with Crippen LogP contribution in [0, 0.1) is 0 Å². The summed E-state index contributed by atoms with van der Waals surface area (Å²) in [5.74, 6) is 0.0404. The average Bonchev–Trinajstić information content (AvgIpc) is 2.30. The third-order valence-corrected chi connectivity index (χ3v) is 3.12. The van der Waals surface area contributed by atoms with E-state index in [0.29, 0.717) is 6.42 Å². The number of carboxylic acid groups (broad SMARTS) is 1. The van der Waals surface area contributed by atoms with Crippen molar-refractivity contribution >= 4 is 28.0 Å². The molecule has 0 aliphatic heterocycles. The first-order valence-electron chi connectivity index (χ1n) is 5.36. The molecule has 1 aromatic carbocycles. The van der Waals surface area contributed by atoms with Crippen molar-refractivity contribution in [1.82, 2.24) is 0 Å². The summed E-state index contributed by atoms with van der Waals surface area (Å²) in [5, 5.41) is 8.49. The number of halogens is 1. The summed E-state index contributed by atoms with van der Waals surface area (Å²) < 4.78 is 6.10. The van der Waals surface area contributed by atoms with Crippen LogP contribution in [0.2, 0.25) is 0 Å². The SMILES string of the molecule is COc1cccc(/C=C/CCCC(=O)O)c1Br. The number of methoxy groups -OCH3 is 1. The summed E-state index contributed by atoms with van der Waals surface area (Å²) in [6, 6.07) is 5.77. The fraction of sp³-hybridized carbons (Fsp3) is 0.308. The number of carboxylic acids is 1. The summed E-state index contributed by atoms with van der Waals surface area (Å²) >= 11 is 3.46. The highest BCUT2D eigenvalue weighted by Gasteiger charge is 2.02. The van der Waals surface area contributed by atoms with Gasteiger partial charge in [0.05, 0.1) is 11.6 Å². The topological polar surface area (TPSA) is 46.5 Å². The highest BCUT2D eigenvalue weighted by molar-refractivity contribution is 9.10. The van der Waals surface area contributed by atoms with E-state index in [0.717, 1.165) is 22.2 Å². The van der Waals surface area contributed by atoms with E-state index >= 15 is 0 Å². The zero-order chi connectivity index (χ0) is 12.7. The summed E-state index contributed by atoms with van der Waals surface area (Å²) in [6.45, 7) is 0. The minimum absolute atomic E-state index is 0.212. The molecule has 0 unspecified atom stereocenters. The van der Waals surface area contributed by atoms with Crippen LogP contribution in [0.4, 0.5) is 0 Å². The van der Waals surface area contributed by atoms with Gasteiger partial charge in [-0.05, 0) is 40.4 Å². The summed E-state index contributed by atoms with van der Waals surface area (Å²) in [6.07, 6.45) is 5.57. The van der Waals surface area contributed by atoms with Gasteiger partial charge in [-0.1, -0.05) is 24.3 Å². The maximum absolute atomic E-state index is 10.3. The molecule has 1 rings (SSSR count). The second-order valence-electron chi connectivity index (χ2n) is 3.55. The van der Waals surface area contributed by atoms with Crippen molar-refractivity contribution < 1.29 is 14.6 Å². The van der Waals surface area contributed by atoms with E-state index in [2.05, 4.69) is 15.9 Å².